The van der Waals surface area contributed by atoms with Gasteiger partial charge in [0, 0.05) is 25.2 Å². The molecule has 0 fully saturated rings. The Morgan fingerprint density at radius 2 is 1.72 bits per heavy atom. The van der Waals surface area contributed by atoms with Crippen molar-refractivity contribution in [2.75, 3.05) is 32.6 Å². The van der Waals surface area contributed by atoms with E-state index in [1.165, 1.54) is 17.0 Å². The number of carbonyl (C=O) groups excluding carboxylic acids is 2. The van der Waals surface area contributed by atoms with Crippen LogP contribution in [0.25, 0.3) is 0 Å². The highest BCUT2D eigenvalue weighted by Gasteiger charge is 2.18. The van der Waals surface area contributed by atoms with Gasteiger partial charge < -0.3 is 19.7 Å². The third kappa shape index (κ3) is 5.78. The Labute approximate surface area is 180 Å². The summed E-state index contributed by atoms with van der Waals surface area (Å²) in [6, 6.07) is 7.77. The third-order valence-electron chi connectivity index (χ3n) is 3.89. The van der Waals surface area contributed by atoms with Gasteiger partial charge in [-0.3, -0.25) is 9.59 Å². The van der Waals surface area contributed by atoms with E-state index in [1.54, 1.807) is 32.3 Å². The van der Waals surface area contributed by atoms with Gasteiger partial charge in [-0.05, 0) is 43.7 Å². The predicted molar refractivity (Wildman–Crippen MR) is 116 cm³/mol. The summed E-state index contributed by atoms with van der Waals surface area (Å²) in [5.74, 6) is 0.160. The van der Waals surface area contributed by atoms with Gasteiger partial charge in [0.25, 0.3) is 11.8 Å². The van der Waals surface area contributed by atoms with Gasteiger partial charge in [-0.2, -0.15) is 0 Å². The Bertz CT molecular complexity index is 900. The van der Waals surface area contributed by atoms with Gasteiger partial charge in [0.15, 0.2) is 11.5 Å². The van der Waals surface area contributed by atoms with Crippen molar-refractivity contribution >= 4 is 40.7 Å². The van der Waals surface area contributed by atoms with Gasteiger partial charge in [-0.25, -0.2) is 0 Å². The summed E-state index contributed by atoms with van der Waals surface area (Å²) < 4.78 is 11.2. The summed E-state index contributed by atoms with van der Waals surface area (Å²) in [5, 5.41) is 3.31. The second-order valence-electron chi connectivity index (χ2n) is 6.42. The summed E-state index contributed by atoms with van der Waals surface area (Å²) in [6.07, 6.45) is 0.810. The van der Waals surface area contributed by atoms with Crippen LogP contribution in [0.3, 0.4) is 0 Å². The highest BCUT2D eigenvalue weighted by molar-refractivity contribution is 6.34. The van der Waals surface area contributed by atoms with E-state index in [1.807, 2.05) is 13.8 Å². The molecule has 0 aliphatic carbocycles. The van der Waals surface area contributed by atoms with Gasteiger partial charge in [0.2, 0.25) is 0 Å². The summed E-state index contributed by atoms with van der Waals surface area (Å²) in [4.78, 5) is 26.4. The molecule has 0 heterocycles. The monoisotopic (exact) mass is 438 g/mol. The number of carbonyl (C=O) groups is 2. The molecule has 2 aromatic carbocycles. The van der Waals surface area contributed by atoms with E-state index in [-0.39, 0.29) is 16.5 Å². The van der Waals surface area contributed by atoms with E-state index >= 15 is 0 Å². The molecule has 0 aliphatic heterocycles. The van der Waals surface area contributed by atoms with E-state index in [2.05, 4.69) is 5.32 Å². The Morgan fingerprint density at radius 1 is 1.00 bits per heavy atom. The van der Waals surface area contributed by atoms with E-state index in [0.29, 0.717) is 41.0 Å². The minimum Gasteiger partial charge on any atom is -0.490 e. The van der Waals surface area contributed by atoms with Crippen LogP contribution in [0.1, 0.15) is 41.0 Å². The first kappa shape index (κ1) is 22.8. The lowest BCUT2D eigenvalue weighted by Crippen LogP contribution is -2.22. The van der Waals surface area contributed by atoms with Gasteiger partial charge in [-0.15, -0.1) is 0 Å². The molecule has 0 atom stereocenters. The molecule has 1 N–H and O–H groups in total. The predicted octanol–water partition coefficient (Wildman–Crippen LogP) is 5.14. The fraction of sp³-hybridized carbons (Fsp3) is 0.333. The quantitative estimate of drug-likeness (QED) is 0.619. The van der Waals surface area contributed by atoms with Crippen LogP contribution in [0.2, 0.25) is 10.0 Å². The van der Waals surface area contributed by atoms with Crippen molar-refractivity contribution in [3.63, 3.8) is 0 Å². The second-order valence-corrected chi connectivity index (χ2v) is 7.23. The number of nitrogens with one attached hydrogen (secondary N) is 1. The average Bonchev–Trinajstić information content (AvgIpc) is 2.68. The Balaban J connectivity index is 2.33. The molecule has 0 saturated carbocycles. The van der Waals surface area contributed by atoms with E-state index < -0.39 is 5.91 Å². The molecule has 2 aromatic rings. The van der Waals surface area contributed by atoms with Crippen LogP contribution in [-0.2, 0) is 0 Å². The molecule has 0 aromatic heterocycles. The lowest BCUT2D eigenvalue weighted by molar-refractivity contribution is 0.0827. The van der Waals surface area contributed by atoms with Crippen LogP contribution in [0, 0.1) is 0 Å². The Hall–Kier alpha value is -2.44. The topological polar surface area (TPSA) is 67.9 Å². The Kier molecular flexibility index (Phi) is 8.17. The van der Waals surface area contributed by atoms with Crippen molar-refractivity contribution in [1.29, 1.82) is 0 Å². The first-order valence-electron chi connectivity index (χ1n) is 9.20. The zero-order valence-electron chi connectivity index (χ0n) is 16.8. The highest BCUT2D eigenvalue weighted by atomic mass is 35.5. The molecular weight excluding hydrogens is 415 g/mol. The summed E-state index contributed by atoms with van der Waals surface area (Å²) in [5.41, 5.74) is 1.01. The molecule has 156 valence electrons. The number of halogens is 2. The van der Waals surface area contributed by atoms with Gasteiger partial charge in [0.1, 0.15) is 0 Å². The molecule has 2 rings (SSSR count). The largest absolute Gasteiger partial charge is 0.490 e. The first-order chi connectivity index (χ1) is 13.8. The van der Waals surface area contributed by atoms with Gasteiger partial charge in [-0.1, -0.05) is 30.1 Å². The summed E-state index contributed by atoms with van der Waals surface area (Å²) in [6.45, 7) is 4.68. The average molecular weight is 439 g/mol. The number of benzene rings is 2. The lowest BCUT2D eigenvalue weighted by Gasteiger charge is -2.16. The molecule has 8 heteroatoms. The SMILES string of the molecule is CCCOc1c(Cl)cc(C(=O)Nc2cc(C(=O)N(C)C)ccc2Cl)cc1OCC. The highest BCUT2D eigenvalue weighted by Crippen LogP contribution is 2.37. The molecule has 0 saturated heterocycles. The van der Waals surface area contributed by atoms with Gasteiger partial charge >= 0.3 is 0 Å². The lowest BCUT2D eigenvalue weighted by atomic mass is 10.1. The van der Waals surface area contributed by atoms with Crippen LogP contribution >= 0.6 is 23.2 Å². The van der Waals surface area contributed by atoms with Crippen molar-refractivity contribution < 1.29 is 19.1 Å². The van der Waals surface area contributed by atoms with Crippen LogP contribution in [0.5, 0.6) is 11.5 Å². The molecule has 29 heavy (non-hydrogen) atoms. The fourth-order valence-electron chi connectivity index (χ4n) is 2.51. The van der Waals surface area contributed by atoms with Crippen molar-refractivity contribution in [3.05, 3.63) is 51.5 Å². The number of amides is 2. The molecule has 0 spiro atoms. The minimum atomic E-state index is -0.439. The van der Waals surface area contributed by atoms with Crippen LogP contribution in [0.15, 0.2) is 30.3 Å². The molecule has 0 unspecified atom stereocenters. The van der Waals surface area contributed by atoms with Crippen molar-refractivity contribution in [2.45, 2.75) is 20.3 Å². The number of hydrogen-bond donors (Lipinski definition) is 1. The molecule has 0 aliphatic rings. The normalized spacial score (nSPS) is 10.4. The zero-order valence-corrected chi connectivity index (χ0v) is 18.4. The second kappa shape index (κ2) is 10.4. The number of ether oxygens (including phenoxy) is 2. The maximum Gasteiger partial charge on any atom is 0.255 e. The van der Waals surface area contributed by atoms with Crippen LogP contribution in [0.4, 0.5) is 5.69 Å². The summed E-state index contributed by atoms with van der Waals surface area (Å²) in [7, 11) is 3.29. The number of rotatable bonds is 8. The molecule has 2 amide bonds. The molecule has 0 bridgehead atoms. The number of hydrogen-bond acceptors (Lipinski definition) is 4. The molecule has 0 radical (unpaired) electrons. The van der Waals surface area contributed by atoms with Crippen molar-refractivity contribution in [2.24, 2.45) is 0 Å². The van der Waals surface area contributed by atoms with Crippen LogP contribution in [-0.4, -0.2) is 44.0 Å². The van der Waals surface area contributed by atoms with E-state index in [4.69, 9.17) is 32.7 Å². The number of anilines is 1. The van der Waals surface area contributed by atoms with Crippen molar-refractivity contribution in [3.8, 4) is 11.5 Å². The van der Waals surface area contributed by atoms with Gasteiger partial charge in [0.05, 0.1) is 28.9 Å². The first-order valence-corrected chi connectivity index (χ1v) is 9.95. The smallest absolute Gasteiger partial charge is 0.255 e. The minimum absolute atomic E-state index is 0.198. The zero-order chi connectivity index (χ0) is 21.6. The maximum absolute atomic E-state index is 12.8. The fourth-order valence-corrected chi connectivity index (χ4v) is 2.94. The van der Waals surface area contributed by atoms with E-state index in [0.717, 1.165) is 6.42 Å². The van der Waals surface area contributed by atoms with Crippen LogP contribution < -0.4 is 14.8 Å². The standard InChI is InChI=1S/C21H24Cl2N2O4/c1-5-9-29-19-16(23)10-14(12-18(19)28-6-2)20(26)24-17-11-13(7-8-15(17)22)21(27)25(3)4/h7-8,10-12H,5-6,9H2,1-4H3,(H,24,26). The molecular formula is C21H24Cl2N2O4. The van der Waals surface area contributed by atoms with E-state index in [9.17, 15) is 9.59 Å². The van der Waals surface area contributed by atoms with Crippen molar-refractivity contribution in [1.82, 2.24) is 4.90 Å². The Morgan fingerprint density at radius 3 is 2.34 bits per heavy atom. The molecule has 6 nitrogen and oxygen atoms in total. The number of nitrogens with zero attached hydrogens (tertiary/aromatic N) is 1. The summed E-state index contributed by atoms with van der Waals surface area (Å²) >= 11 is 12.5. The third-order valence-corrected chi connectivity index (χ3v) is 4.50. The maximum atomic E-state index is 12.8.